The Kier molecular flexibility index (Phi) is 4.79. The zero-order valence-corrected chi connectivity index (χ0v) is 14.2. The number of aryl methyl sites for hydroxylation is 1. The number of aliphatic carboxylic acids is 1. The summed E-state index contributed by atoms with van der Waals surface area (Å²) >= 11 is 0. The van der Waals surface area contributed by atoms with Gasteiger partial charge in [0.1, 0.15) is 11.6 Å². The van der Waals surface area contributed by atoms with Gasteiger partial charge in [0, 0.05) is 25.6 Å². The van der Waals surface area contributed by atoms with Crippen molar-refractivity contribution in [2.75, 3.05) is 18.0 Å². The zero-order chi connectivity index (χ0) is 17.3. The van der Waals surface area contributed by atoms with Crippen molar-refractivity contribution in [3.8, 4) is 0 Å². The molecular weight excluding hydrogens is 312 g/mol. The summed E-state index contributed by atoms with van der Waals surface area (Å²) < 4.78 is 27.9. The Bertz CT molecular complexity index is 614. The number of nitrogens with zero attached hydrogens (tertiary/aromatic N) is 1. The zero-order valence-electron chi connectivity index (χ0n) is 14.2. The number of rotatable bonds is 3. The van der Waals surface area contributed by atoms with Crippen LogP contribution in [-0.2, 0) is 4.79 Å². The molecule has 1 heterocycles. The fraction of sp³-hybridized carbons (Fsp3) is 0.632. The van der Waals surface area contributed by atoms with Crippen LogP contribution in [0.5, 0.6) is 0 Å². The molecule has 3 nitrogen and oxygen atoms in total. The van der Waals surface area contributed by atoms with Crippen LogP contribution in [0.1, 0.15) is 50.5 Å². The van der Waals surface area contributed by atoms with Gasteiger partial charge in [0.15, 0.2) is 0 Å². The second-order valence-electron chi connectivity index (χ2n) is 7.58. The van der Waals surface area contributed by atoms with Crippen molar-refractivity contribution >= 4 is 11.7 Å². The minimum absolute atomic E-state index is 0.268. The molecule has 1 aromatic carbocycles. The van der Waals surface area contributed by atoms with Gasteiger partial charge in [-0.05, 0) is 68.4 Å². The van der Waals surface area contributed by atoms with Crippen LogP contribution in [0.3, 0.4) is 0 Å². The van der Waals surface area contributed by atoms with E-state index in [2.05, 4.69) is 0 Å². The number of piperidine rings is 1. The molecule has 2 aliphatic rings. The first-order chi connectivity index (χ1) is 11.4. The van der Waals surface area contributed by atoms with Gasteiger partial charge in [-0.15, -0.1) is 0 Å². The standard InChI is InChI=1S/C19H25F2NO2/c1-13-10-15(20)12-16(18(13)21)22-8-6-19(7-9-22)4-2-14(3-5-19)11-17(23)24/h10,12,14H,2-9,11H2,1H3,(H,23,24). The van der Waals surface area contributed by atoms with Crippen molar-refractivity contribution in [2.45, 2.75) is 51.9 Å². The van der Waals surface area contributed by atoms with Gasteiger partial charge in [0.2, 0.25) is 0 Å². The highest BCUT2D eigenvalue weighted by molar-refractivity contribution is 5.67. The van der Waals surface area contributed by atoms with Crippen molar-refractivity contribution < 1.29 is 18.7 Å². The van der Waals surface area contributed by atoms with E-state index in [-0.39, 0.29) is 17.7 Å². The fourth-order valence-corrected chi connectivity index (χ4v) is 4.40. The average Bonchev–Trinajstić information content (AvgIpc) is 2.54. The molecule has 1 saturated heterocycles. The summed E-state index contributed by atoms with van der Waals surface area (Å²) in [5.74, 6) is -1.12. The Labute approximate surface area is 141 Å². The molecule has 24 heavy (non-hydrogen) atoms. The third-order valence-electron chi connectivity index (χ3n) is 5.99. The van der Waals surface area contributed by atoms with Gasteiger partial charge in [-0.1, -0.05) is 0 Å². The van der Waals surface area contributed by atoms with Crippen LogP contribution in [0.25, 0.3) is 0 Å². The molecule has 0 amide bonds. The van der Waals surface area contributed by atoms with Gasteiger partial charge in [0.05, 0.1) is 5.69 Å². The van der Waals surface area contributed by atoms with Gasteiger partial charge >= 0.3 is 5.97 Å². The summed E-state index contributed by atoms with van der Waals surface area (Å²) in [5, 5.41) is 8.93. The molecule has 3 rings (SSSR count). The van der Waals surface area contributed by atoms with Crippen LogP contribution in [0.15, 0.2) is 12.1 Å². The summed E-state index contributed by atoms with van der Waals surface area (Å²) in [6.07, 6.45) is 6.28. The molecule has 1 spiro atoms. The summed E-state index contributed by atoms with van der Waals surface area (Å²) in [6, 6.07) is 2.53. The smallest absolute Gasteiger partial charge is 0.303 e. The highest BCUT2D eigenvalue weighted by Crippen LogP contribution is 2.47. The number of anilines is 1. The van der Waals surface area contributed by atoms with Crippen molar-refractivity contribution in [1.29, 1.82) is 0 Å². The molecule has 2 fully saturated rings. The van der Waals surface area contributed by atoms with E-state index in [4.69, 9.17) is 5.11 Å². The molecule has 0 unspecified atom stereocenters. The van der Waals surface area contributed by atoms with E-state index in [1.807, 2.05) is 4.90 Å². The summed E-state index contributed by atoms with van der Waals surface area (Å²) in [6.45, 7) is 3.07. The highest BCUT2D eigenvalue weighted by atomic mass is 19.1. The second kappa shape index (κ2) is 6.69. The molecule has 132 valence electrons. The summed E-state index contributed by atoms with van der Waals surface area (Å²) in [4.78, 5) is 12.8. The predicted molar refractivity (Wildman–Crippen MR) is 89.2 cm³/mol. The Hall–Kier alpha value is -1.65. The lowest BCUT2D eigenvalue weighted by Crippen LogP contribution is -2.42. The fourth-order valence-electron chi connectivity index (χ4n) is 4.40. The summed E-state index contributed by atoms with van der Waals surface area (Å²) in [5.41, 5.74) is 0.992. The highest BCUT2D eigenvalue weighted by Gasteiger charge is 2.38. The van der Waals surface area contributed by atoms with Gasteiger partial charge in [-0.25, -0.2) is 8.78 Å². The first-order valence-electron chi connectivity index (χ1n) is 8.81. The molecule has 1 aliphatic carbocycles. The molecule has 0 aromatic heterocycles. The van der Waals surface area contributed by atoms with Crippen molar-refractivity contribution in [3.05, 3.63) is 29.3 Å². The van der Waals surface area contributed by atoms with E-state index >= 15 is 0 Å². The number of halogens is 2. The van der Waals surface area contributed by atoms with Crippen LogP contribution in [0.4, 0.5) is 14.5 Å². The maximum absolute atomic E-state index is 14.3. The first kappa shape index (κ1) is 17.2. The van der Waals surface area contributed by atoms with Gasteiger partial charge in [-0.2, -0.15) is 0 Å². The third kappa shape index (κ3) is 3.55. The Balaban J connectivity index is 1.62. The van der Waals surface area contributed by atoms with Gasteiger partial charge in [0.25, 0.3) is 0 Å². The monoisotopic (exact) mass is 337 g/mol. The van der Waals surface area contributed by atoms with Crippen LogP contribution in [0, 0.1) is 29.9 Å². The Morgan fingerprint density at radius 1 is 1.21 bits per heavy atom. The molecule has 1 saturated carbocycles. The molecule has 1 aliphatic heterocycles. The average molecular weight is 337 g/mol. The van der Waals surface area contributed by atoms with Crippen LogP contribution in [-0.4, -0.2) is 24.2 Å². The van der Waals surface area contributed by atoms with Crippen LogP contribution >= 0.6 is 0 Å². The van der Waals surface area contributed by atoms with E-state index in [0.717, 1.165) is 51.6 Å². The number of carboxylic acids is 1. The van der Waals surface area contributed by atoms with Gasteiger partial charge in [-0.3, -0.25) is 4.79 Å². The van der Waals surface area contributed by atoms with E-state index in [1.54, 1.807) is 6.92 Å². The van der Waals surface area contributed by atoms with Crippen LogP contribution in [0.2, 0.25) is 0 Å². The molecule has 1 N–H and O–H groups in total. The van der Waals surface area contributed by atoms with E-state index in [0.29, 0.717) is 17.2 Å². The van der Waals surface area contributed by atoms with E-state index < -0.39 is 11.8 Å². The SMILES string of the molecule is Cc1cc(F)cc(N2CCC3(CCC(CC(=O)O)CC3)CC2)c1F. The van der Waals surface area contributed by atoms with E-state index in [1.165, 1.54) is 12.1 Å². The van der Waals surface area contributed by atoms with Crippen molar-refractivity contribution in [2.24, 2.45) is 11.3 Å². The Morgan fingerprint density at radius 2 is 1.83 bits per heavy atom. The van der Waals surface area contributed by atoms with E-state index in [9.17, 15) is 13.6 Å². The van der Waals surface area contributed by atoms with Crippen molar-refractivity contribution in [3.63, 3.8) is 0 Å². The number of carboxylic acid groups (broad SMARTS) is 1. The van der Waals surface area contributed by atoms with Crippen molar-refractivity contribution in [1.82, 2.24) is 0 Å². The predicted octanol–water partition coefficient (Wildman–Crippen LogP) is 4.52. The lowest BCUT2D eigenvalue weighted by Gasteiger charge is -2.46. The minimum atomic E-state index is -0.706. The number of carbonyl (C=O) groups is 1. The lowest BCUT2D eigenvalue weighted by molar-refractivity contribution is -0.138. The second-order valence-corrected chi connectivity index (χ2v) is 7.58. The number of hydrogen-bond donors (Lipinski definition) is 1. The maximum Gasteiger partial charge on any atom is 0.303 e. The quantitative estimate of drug-likeness (QED) is 0.881. The first-order valence-corrected chi connectivity index (χ1v) is 8.81. The number of benzene rings is 1. The molecule has 1 aromatic rings. The summed E-state index contributed by atoms with van der Waals surface area (Å²) in [7, 11) is 0. The molecule has 0 bridgehead atoms. The topological polar surface area (TPSA) is 40.5 Å². The minimum Gasteiger partial charge on any atom is -0.481 e. The molecule has 0 atom stereocenters. The normalized spacial score (nSPS) is 21.2. The lowest BCUT2D eigenvalue weighted by atomic mass is 9.65. The molecule has 0 radical (unpaired) electrons. The molecule has 5 heteroatoms. The maximum atomic E-state index is 14.3. The Morgan fingerprint density at radius 3 is 2.42 bits per heavy atom. The van der Waals surface area contributed by atoms with Crippen LogP contribution < -0.4 is 4.90 Å². The number of hydrogen-bond acceptors (Lipinski definition) is 2. The largest absolute Gasteiger partial charge is 0.481 e. The van der Waals surface area contributed by atoms with Gasteiger partial charge < -0.3 is 10.0 Å². The molecular formula is C19H25F2NO2. The third-order valence-corrected chi connectivity index (χ3v) is 5.99.